The second-order valence-electron chi connectivity index (χ2n) is 4.65. The predicted octanol–water partition coefficient (Wildman–Crippen LogP) is 1.84. The summed E-state index contributed by atoms with van der Waals surface area (Å²) < 4.78 is 5.35. The minimum Gasteiger partial charge on any atom is -0.389 e. The molecule has 1 aromatic rings. The SMILES string of the molecule is COC1CCN(c2cc(C#N)ccc2[C@@H](C)O)C1. The highest BCUT2D eigenvalue weighted by Crippen LogP contribution is 2.30. The molecule has 96 valence electrons. The van der Waals surface area contributed by atoms with E-state index in [4.69, 9.17) is 10.00 Å². The van der Waals surface area contributed by atoms with Gasteiger partial charge in [0.2, 0.25) is 0 Å². The highest BCUT2D eigenvalue weighted by atomic mass is 16.5. The second-order valence-corrected chi connectivity index (χ2v) is 4.65. The quantitative estimate of drug-likeness (QED) is 0.884. The minimum absolute atomic E-state index is 0.234. The van der Waals surface area contributed by atoms with Gasteiger partial charge in [0, 0.05) is 31.5 Å². The average molecular weight is 246 g/mol. The van der Waals surface area contributed by atoms with Gasteiger partial charge in [0.15, 0.2) is 0 Å². The number of hydrogen-bond acceptors (Lipinski definition) is 4. The minimum atomic E-state index is -0.533. The van der Waals surface area contributed by atoms with Crippen molar-refractivity contribution in [3.8, 4) is 6.07 Å². The summed E-state index contributed by atoms with van der Waals surface area (Å²) >= 11 is 0. The lowest BCUT2D eigenvalue weighted by Crippen LogP contribution is -2.23. The van der Waals surface area contributed by atoms with Gasteiger partial charge < -0.3 is 14.7 Å². The van der Waals surface area contributed by atoms with Crippen LogP contribution in [-0.2, 0) is 4.74 Å². The molecule has 1 aliphatic heterocycles. The van der Waals surface area contributed by atoms with Crippen molar-refractivity contribution in [3.05, 3.63) is 29.3 Å². The van der Waals surface area contributed by atoms with E-state index in [0.717, 1.165) is 30.8 Å². The van der Waals surface area contributed by atoms with E-state index in [0.29, 0.717) is 5.56 Å². The summed E-state index contributed by atoms with van der Waals surface area (Å²) in [5, 5.41) is 18.8. The molecule has 1 saturated heterocycles. The van der Waals surface area contributed by atoms with E-state index < -0.39 is 6.10 Å². The van der Waals surface area contributed by atoms with Crippen LogP contribution >= 0.6 is 0 Å². The van der Waals surface area contributed by atoms with Crippen LogP contribution in [0.15, 0.2) is 18.2 Å². The first kappa shape index (κ1) is 12.9. The molecule has 1 heterocycles. The summed E-state index contributed by atoms with van der Waals surface area (Å²) in [4.78, 5) is 2.18. The standard InChI is InChI=1S/C14H18N2O2/c1-10(17)13-4-3-11(8-15)7-14(13)16-6-5-12(9-16)18-2/h3-4,7,10,12,17H,5-6,9H2,1-2H3/t10-,12?/m1/s1. The third-order valence-corrected chi connectivity index (χ3v) is 3.43. The second kappa shape index (κ2) is 5.38. The fourth-order valence-corrected chi connectivity index (χ4v) is 2.38. The average Bonchev–Trinajstić information content (AvgIpc) is 2.86. The van der Waals surface area contributed by atoms with Crippen molar-refractivity contribution in [1.82, 2.24) is 0 Å². The van der Waals surface area contributed by atoms with E-state index >= 15 is 0 Å². The number of methoxy groups -OCH3 is 1. The van der Waals surface area contributed by atoms with E-state index in [1.165, 1.54) is 0 Å². The van der Waals surface area contributed by atoms with Gasteiger partial charge in [-0.25, -0.2) is 0 Å². The van der Waals surface area contributed by atoms with E-state index in [1.807, 2.05) is 12.1 Å². The van der Waals surface area contributed by atoms with Crippen molar-refractivity contribution in [3.63, 3.8) is 0 Å². The molecule has 1 aliphatic rings. The number of nitrogens with zero attached hydrogens (tertiary/aromatic N) is 2. The van der Waals surface area contributed by atoms with Gasteiger partial charge in [-0.1, -0.05) is 6.07 Å². The van der Waals surface area contributed by atoms with Gasteiger partial charge in [-0.15, -0.1) is 0 Å². The van der Waals surface area contributed by atoms with Crippen LogP contribution in [-0.4, -0.2) is 31.4 Å². The maximum absolute atomic E-state index is 9.81. The molecular weight excluding hydrogens is 228 g/mol. The number of nitriles is 1. The summed E-state index contributed by atoms with van der Waals surface area (Å²) in [6, 6.07) is 7.57. The third kappa shape index (κ3) is 2.47. The van der Waals surface area contributed by atoms with Gasteiger partial charge in [-0.3, -0.25) is 0 Å². The Balaban J connectivity index is 2.33. The highest BCUT2D eigenvalue weighted by Gasteiger charge is 2.25. The van der Waals surface area contributed by atoms with Crippen molar-refractivity contribution >= 4 is 5.69 Å². The Bertz CT molecular complexity index is 465. The van der Waals surface area contributed by atoms with Crippen LogP contribution in [0, 0.1) is 11.3 Å². The number of aliphatic hydroxyl groups excluding tert-OH is 1. The van der Waals surface area contributed by atoms with Crippen LogP contribution in [0.5, 0.6) is 0 Å². The molecule has 1 fully saturated rings. The molecule has 0 bridgehead atoms. The summed E-state index contributed by atoms with van der Waals surface area (Å²) in [6.07, 6.45) is 0.680. The van der Waals surface area contributed by atoms with Gasteiger partial charge in [-0.2, -0.15) is 5.26 Å². The predicted molar refractivity (Wildman–Crippen MR) is 69.4 cm³/mol. The first-order valence-electron chi connectivity index (χ1n) is 6.15. The molecule has 0 spiro atoms. The van der Waals surface area contributed by atoms with Gasteiger partial charge >= 0.3 is 0 Å². The van der Waals surface area contributed by atoms with Crippen LogP contribution < -0.4 is 4.90 Å². The molecule has 1 N–H and O–H groups in total. The molecule has 4 heteroatoms. The molecule has 4 nitrogen and oxygen atoms in total. The lowest BCUT2D eigenvalue weighted by molar-refractivity contribution is 0.121. The zero-order valence-electron chi connectivity index (χ0n) is 10.8. The topological polar surface area (TPSA) is 56.5 Å². The Hall–Kier alpha value is -1.57. The summed E-state index contributed by atoms with van der Waals surface area (Å²) in [7, 11) is 1.72. The lowest BCUT2D eigenvalue weighted by Gasteiger charge is -2.23. The Labute approximate surface area is 107 Å². The summed E-state index contributed by atoms with van der Waals surface area (Å²) in [5.74, 6) is 0. The number of anilines is 1. The molecule has 2 atom stereocenters. The molecule has 0 saturated carbocycles. The Morgan fingerprint density at radius 3 is 2.89 bits per heavy atom. The monoisotopic (exact) mass is 246 g/mol. The number of ether oxygens (including phenoxy) is 1. The zero-order valence-corrected chi connectivity index (χ0v) is 10.8. The molecule has 1 unspecified atom stereocenters. The first-order valence-corrected chi connectivity index (χ1v) is 6.15. The van der Waals surface area contributed by atoms with Gasteiger partial charge in [-0.05, 0) is 25.5 Å². The molecule has 0 radical (unpaired) electrons. The van der Waals surface area contributed by atoms with Crippen molar-refractivity contribution < 1.29 is 9.84 Å². The fraction of sp³-hybridized carbons (Fsp3) is 0.500. The molecule has 0 amide bonds. The number of rotatable bonds is 3. The largest absolute Gasteiger partial charge is 0.389 e. The molecule has 2 rings (SSSR count). The number of benzene rings is 1. The van der Waals surface area contributed by atoms with Crippen LogP contribution in [0.4, 0.5) is 5.69 Å². The Kier molecular flexibility index (Phi) is 3.85. The van der Waals surface area contributed by atoms with Crippen LogP contribution in [0.3, 0.4) is 0 Å². The lowest BCUT2D eigenvalue weighted by atomic mass is 10.0. The van der Waals surface area contributed by atoms with E-state index in [1.54, 1.807) is 20.1 Å². The summed E-state index contributed by atoms with van der Waals surface area (Å²) in [6.45, 7) is 3.45. The van der Waals surface area contributed by atoms with Gasteiger partial charge in [0.1, 0.15) is 0 Å². The van der Waals surface area contributed by atoms with E-state index in [9.17, 15) is 5.11 Å². The third-order valence-electron chi connectivity index (χ3n) is 3.43. The van der Waals surface area contributed by atoms with E-state index in [-0.39, 0.29) is 6.10 Å². The zero-order chi connectivity index (χ0) is 13.1. The summed E-state index contributed by atoms with van der Waals surface area (Å²) in [5.41, 5.74) is 2.43. The van der Waals surface area contributed by atoms with Crippen molar-refractivity contribution in [1.29, 1.82) is 5.26 Å². The highest BCUT2D eigenvalue weighted by molar-refractivity contribution is 5.59. The molecule has 18 heavy (non-hydrogen) atoms. The smallest absolute Gasteiger partial charge is 0.0992 e. The number of aliphatic hydroxyl groups is 1. The first-order chi connectivity index (χ1) is 8.65. The Morgan fingerprint density at radius 2 is 2.33 bits per heavy atom. The Morgan fingerprint density at radius 1 is 1.56 bits per heavy atom. The van der Waals surface area contributed by atoms with Crippen LogP contribution in [0.25, 0.3) is 0 Å². The van der Waals surface area contributed by atoms with Crippen molar-refractivity contribution in [2.75, 3.05) is 25.1 Å². The van der Waals surface area contributed by atoms with Crippen LogP contribution in [0.2, 0.25) is 0 Å². The van der Waals surface area contributed by atoms with Crippen molar-refractivity contribution in [2.45, 2.75) is 25.6 Å². The molecule has 0 aliphatic carbocycles. The van der Waals surface area contributed by atoms with Crippen molar-refractivity contribution in [2.24, 2.45) is 0 Å². The van der Waals surface area contributed by atoms with E-state index in [2.05, 4.69) is 11.0 Å². The molecule has 0 aromatic heterocycles. The number of hydrogen-bond donors (Lipinski definition) is 1. The fourth-order valence-electron chi connectivity index (χ4n) is 2.38. The van der Waals surface area contributed by atoms with Gasteiger partial charge in [0.05, 0.1) is 23.8 Å². The maximum Gasteiger partial charge on any atom is 0.0992 e. The maximum atomic E-state index is 9.81. The molecular formula is C14H18N2O2. The van der Waals surface area contributed by atoms with Crippen LogP contribution in [0.1, 0.15) is 30.6 Å². The van der Waals surface area contributed by atoms with Gasteiger partial charge in [0.25, 0.3) is 0 Å². The normalized spacial score (nSPS) is 20.8. The molecule has 1 aromatic carbocycles.